The maximum Gasteiger partial charge on any atom is 0.232 e. The van der Waals surface area contributed by atoms with Crippen molar-refractivity contribution in [2.24, 2.45) is 0 Å². The summed E-state index contributed by atoms with van der Waals surface area (Å²) in [6.45, 7) is 5.19. The van der Waals surface area contributed by atoms with Gasteiger partial charge in [-0.25, -0.2) is 0 Å². The molecule has 4 rings (SSSR count). The molecule has 21 heavy (non-hydrogen) atoms. The lowest BCUT2D eigenvalue weighted by atomic mass is 10.2. The molecule has 0 spiro atoms. The summed E-state index contributed by atoms with van der Waals surface area (Å²) in [6, 6.07) is 0.746. The quantitative estimate of drug-likeness (QED) is 0.843. The van der Waals surface area contributed by atoms with Gasteiger partial charge in [-0.3, -0.25) is 0 Å². The summed E-state index contributed by atoms with van der Waals surface area (Å²) in [5.41, 5.74) is 0. The van der Waals surface area contributed by atoms with Crippen LogP contribution in [0.3, 0.4) is 0 Å². The summed E-state index contributed by atoms with van der Waals surface area (Å²) in [7, 11) is 0. The first-order valence-electron chi connectivity index (χ1n) is 7.54. The van der Waals surface area contributed by atoms with Crippen molar-refractivity contribution in [1.29, 1.82) is 0 Å². The number of fused-ring (bicyclic) bond motifs is 2. The van der Waals surface area contributed by atoms with E-state index in [4.69, 9.17) is 16.3 Å². The van der Waals surface area contributed by atoms with Crippen LogP contribution in [-0.4, -0.2) is 66.4 Å². The van der Waals surface area contributed by atoms with Gasteiger partial charge in [0.15, 0.2) is 0 Å². The Labute approximate surface area is 128 Å². The molecule has 7 nitrogen and oxygen atoms in total. The van der Waals surface area contributed by atoms with Crippen molar-refractivity contribution in [1.82, 2.24) is 20.3 Å². The van der Waals surface area contributed by atoms with Crippen LogP contribution in [0.25, 0.3) is 0 Å². The van der Waals surface area contributed by atoms with Crippen molar-refractivity contribution in [3.63, 3.8) is 0 Å². The summed E-state index contributed by atoms with van der Waals surface area (Å²) in [5.74, 6) is 1.40. The molecule has 2 atom stereocenters. The van der Waals surface area contributed by atoms with Crippen LogP contribution in [-0.2, 0) is 4.74 Å². The molecule has 1 N–H and O–H groups in total. The van der Waals surface area contributed by atoms with Crippen molar-refractivity contribution in [3.8, 4) is 0 Å². The summed E-state index contributed by atoms with van der Waals surface area (Å²) < 4.78 is 5.62. The second-order valence-electron chi connectivity index (χ2n) is 5.77. The third-order valence-corrected chi connectivity index (χ3v) is 4.62. The van der Waals surface area contributed by atoms with Gasteiger partial charge in [-0.2, -0.15) is 15.0 Å². The molecule has 3 fully saturated rings. The number of hydrogen-bond donors (Lipinski definition) is 1. The van der Waals surface area contributed by atoms with E-state index in [-0.39, 0.29) is 5.28 Å². The van der Waals surface area contributed by atoms with Crippen molar-refractivity contribution >= 4 is 23.5 Å². The SMILES string of the molecule is Clc1nc(N2CCNCC2)nc(N2C3CCC2COC3)n1. The van der Waals surface area contributed by atoms with Gasteiger partial charge in [0.25, 0.3) is 0 Å². The van der Waals surface area contributed by atoms with Gasteiger partial charge in [-0.05, 0) is 24.4 Å². The molecular formula is C13H19ClN6O. The molecule has 114 valence electrons. The molecular weight excluding hydrogens is 292 g/mol. The molecule has 4 heterocycles. The number of piperazine rings is 1. The van der Waals surface area contributed by atoms with Crippen LogP contribution in [0.2, 0.25) is 5.28 Å². The fourth-order valence-electron chi connectivity index (χ4n) is 3.41. The Morgan fingerprint density at radius 1 is 1.00 bits per heavy atom. The number of nitrogens with one attached hydrogen (secondary N) is 1. The Hall–Kier alpha value is -1.18. The van der Waals surface area contributed by atoms with Gasteiger partial charge in [-0.15, -0.1) is 0 Å². The molecule has 3 aliphatic rings. The zero-order valence-electron chi connectivity index (χ0n) is 11.8. The Morgan fingerprint density at radius 3 is 2.38 bits per heavy atom. The van der Waals surface area contributed by atoms with Gasteiger partial charge in [0.2, 0.25) is 17.2 Å². The predicted molar refractivity (Wildman–Crippen MR) is 80.0 cm³/mol. The van der Waals surface area contributed by atoms with Gasteiger partial charge >= 0.3 is 0 Å². The van der Waals surface area contributed by atoms with E-state index in [9.17, 15) is 0 Å². The molecule has 2 bridgehead atoms. The fourth-order valence-corrected chi connectivity index (χ4v) is 3.56. The number of anilines is 2. The molecule has 1 aromatic heterocycles. The molecule has 0 aromatic carbocycles. The van der Waals surface area contributed by atoms with E-state index in [1.165, 1.54) is 0 Å². The molecule has 3 saturated heterocycles. The number of nitrogens with zero attached hydrogens (tertiary/aromatic N) is 5. The van der Waals surface area contributed by atoms with Crippen molar-refractivity contribution < 1.29 is 4.74 Å². The largest absolute Gasteiger partial charge is 0.377 e. The van der Waals surface area contributed by atoms with E-state index < -0.39 is 0 Å². The van der Waals surface area contributed by atoms with Crippen LogP contribution < -0.4 is 15.1 Å². The standard InChI is InChI=1S/C13H19ClN6O/c14-11-16-12(19-5-3-15-4-6-19)18-13(17-11)20-9-1-2-10(20)8-21-7-9/h9-10,15H,1-8H2. The molecule has 3 aliphatic heterocycles. The molecule has 2 unspecified atom stereocenters. The second kappa shape index (κ2) is 5.55. The van der Waals surface area contributed by atoms with Gasteiger partial charge < -0.3 is 19.9 Å². The predicted octanol–water partition coefficient (Wildman–Crippen LogP) is 0.302. The van der Waals surface area contributed by atoms with E-state index in [0.717, 1.165) is 52.2 Å². The van der Waals surface area contributed by atoms with Gasteiger partial charge in [0.1, 0.15) is 0 Å². The van der Waals surface area contributed by atoms with Gasteiger partial charge in [0.05, 0.1) is 25.3 Å². The Bertz CT molecular complexity index is 507. The number of morpholine rings is 1. The Balaban J connectivity index is 1.64. The lowest BCUT2D eigenvalue weighted by Gasteiger charge is -2.35. The number of ether oxygens (including phenoxy) is 1. The second-order valence-corrected chi connectivity index (χ2v) is 6.11. The van der Waals surface area contributed by atoms with Crippen molar-refractivity contribution in [3.05, 3.63) is 5.28 Å². The fraction of sp³-hybridized carbons (Fsp3) is 0.769. The maximum atomic E-state index is 6.14. The minimum atomic E-state index is 0.277. The van der Waals surface area contributed by atoms with Crippen molar-refractivity contribution in [2.75, 3.05) is 49.2 Å². The highest BCUT2D eigenvalue weighted by Gasteiger charge is 2.39. The first-order valence-corrected chi connectivity index (χ1v) is 7.92. The minimum absolute atomic E-state index is 0.277. The minimum Gasteiger partial charge on any atom is -0.377 e. The van der Waals surface area contributed by atoms with Crippen LogP contribution in [0, 0.1) is 0 Å². The number of halogens is 1. The lowest BCUT2D eigenvalue weighted by Crippen LogP contribution is -2.47. The van der Waals surface area contributed by atoms with Crippen LogP contribution in [0.4, 0.5) is 11.9 Å². The summed E-state index contributed by atoms with van der Waals surface area (Å²) in [5, 5.41) is 3.61. The topological polar surface area (TPSA) is 66.4 Å². The highest BCUT2D eigenvalue weighted by Crippen LogP contribution is 2.32. The van der Waals surface area contributed by atoms with E-state index in [2.05, 4.69) is 30.1 Å². The number of rotatable bonds is 2. The van der Waals surface area contributed by atoms with E-state index in [1.54, 1.807) is 0 Å². The highest BCUT2D eigenvalue weighted by atomic mass is 35.5. The van der Waals surface area contributed by atoms with Gasteiger partial charge in [-0.1, -0.05) is 0 Å². The van der Waals surface area contributed by atoms with E-state index >= 15 is 0 Å². The molecule has 0 aliphatic carbocycles. The third-order valence-electron chi connectivity index (χ3n) is 4.46. The Morgan fingerprint density at radius 2 is 1.67 bits per heavy atom. The zero-order chi connectivity index (χ0) is 14.2. The highest BCUT2D eigenvalue weighted by molar-refractivity contribution is 6.28. The normalized spacial score (nSPS) is 29.0. The van der Waals surface area contributed by atoms with Crippen molar-refractivity contribution in [2.45, 2.75) is 24.9 Å². The average molecular weight is 311 g/mol. The van der Waals surface area contributed by atoms with E-state index in [1.807, 2.05) is 0 Å². The van der Waals surface area contributed by atoms with Crippen LogP contribution in [0.5, 0.6) is 0 Å². The summed E-state index contributed by atoms with van der Waals surface area (Å²) in [4.78, 5) is 17.8. The lowest BCUT2D eigenvalue weighted by molar-refractivity contribution is 0.0897. The number of aromatic nitrogens is 3. The monoisotopic (exact) mass is 310 g/mol. The first-order chi connectivity index (χ1) is 10.3. The maximum absolute atomic E-state index is 6.14. The van der Waals surface area contributed by atoms with E-state index in [0.29, 0.717) is 24.0 Å². The van der Waals surface area contributed by atoms with Crippen LogP contribution >= 0.6 is 11.6 Å². The molecule has 0 amide bonds. The first kappa shape index (κ1) is 13.5. The molecule has 1 aromatic rings. The van der Waals surface area contributed by atoms with Crippen LogP contribution in [0.1, 0.15) is 12.8 Å². The van der Waals surface area contributed by atoms with Gasteiger partial charge in [0, 0.05) is 26.2 Å². The average Bonchev–Trinajstić information content (AvgIpc) is 2.77. The molecule has 0 radical (unpaired) electrons. The molecule has 0 saturated carbocycles. The Kier molecular flexibility index (Phi) is 3.56. The smallest absolute Gasteiger partial charge is 0.232 e. The molecule has 8 heteroatoms. The summed E-state index contributed by atoms with van der Waals surface area (Å²) >= 11 is 6.14. The van der Waals surface area contributed by atoms with Crippen LogP contribution in [0.15, 0.2) is 0 Å². The third kappa shape index (κ3) is 2.54. The zero-order valence-corrected chi connectivity index (χ0v) is 12.6. The number of hydrogen-bond acceptors (Lipinski definition) is 7. The summed E-state index contributed by atoms with van der Waals surface area (Å²) in [6.07, 6.45) is 2.27.